The van der Waals surface area contributed by atoms with Crippen LogP contribution in [-0.4, -0.2) is 57.2 Å². The van der Waals surface area contributed by atoms with E-state index in [2.05, 4.69) is 42.4 Å². The molecule has 0 spiro atoms. The van der Waals surface area contributed by atoms with E-state index < -0.39 is 5.76 Å². The van der Waals surface area contributed by atoms with Gasteiger partial charge in [-0.2, -0.15) is 4.68 Å². The predicted molar refractivity (Wildman–Crippen MR) is 119 cm³/mol. The molecule has 0 saturated heterocycles. The van der Waals surface area contributed by atoms with Crippen molar-refractivity contribution in [2.75, 3.05) is 26.9 Å². The van der Waals surface area contributed by atoms with Gasteiger partial charge in [-0.05, 0) is 34.5 Å². The van der Waals surface area contributed by atoms with Crippen molar-refractivity contribution in [2.24, 2.45) is 0 Å². The van der Waals surface area contributed by atoms with Crippen LogP contribution < -0.4 is 15.8 Å². The maximum Gasteiger partial charge on any atom is 0.439 e. The fourth-order valence-electron chi connectivity index (χ4n) is 3.37. The predicted octanol–water partition coefficient (Wildman–Crippen LogP) is 2.12. The van der Waals surface area contributed by atoms with Crippen molar-refractivity contribution in [1.29, 1.82) is 0 Å². The molecule has 0 aliphatic carbocycles. The van der Waals surface area contributed by atoms with Gasteiger partial charge in [-0.25, -0.2) is 4.79 Å². The maximum atomic E-state index is 11.3. The average Bonchev–Trinajstić information content (AvgIpc) is 3.51. The van der Waals surface area contributed by atoms with Crippen molar-refractivity contribution in [2.45, 2.75) is 19.4 Å². The molecule has 2 aromatic carbocycles. The zero-order valence-corrected chi connectivity index (χ0v) is 18.4. The molecule has 33 heavy (non-hydrogen) atoms. The molecule has 0 amide bonds. The lowest BCUT2D eigenvalue weighted by molar-refractivity contribution is 0.135. The highest BCUT2D eigenvalue weighted by Gasteiger charge is 2.22. The highest BCUT2D eigenvalue weighted by molar-refractivity contribution is 5.54. The zero-order chi connectivity index (χ0) is 23.0. The fourth-order valence-corrected chi connectivity index (χ4v) is 3.37. The van der Waals surface area contributed by atoms with Crippen molar-refractivity contribution in [3.05, 3.63) is 70.5 Å². The Morgan fingerprint density at radius 2 is 2.03 bits per heavy atom. The van der Waals surface area contributed by atoms with Crippen LogP contribution in [0.1, 0.15) is 30.8 Å². The van der Waals surface area contributed by atoms with Crippen LogP contribution in [0.3, 0.4) is 0 Å². The number of hydrogen-bond donors (Lipinski definition) is 2. The number of rotatable bonds is 11. The minimum Gasteiger partial charge on any atom is -0.497 e. The van der Waals surface area contributed by atoms with E-state index >= 15 is 0 Å². The number of hydrogen-bond acceptors (Lipinski definition) is 9. The lowest BCUT2D eigenvalue weighted by atomic mass is 10.0. The minimum absolute atomic E-state index is 0.318. The van der Waals surface area contributed by atoms with Gasteiger partial charge in [-0.1, -0.05) is 42.4 Å². The van der Waals surface area contributed by atoms with Crippen molar-refractivity contribution >= 4 is 0 Å². The summed E-state index contributed by atoms with van der Waals surface area (Å²) in [7, 11) is 1.62. The number of H-pyrrole nitrogens is 1. The summed E-state index contributed by atoms with van der Waals surface area (Å²) in [6.07, 6.45) is 0.961. The Bertz CT molecular complexity index is 1220. The molecule has 4 rings (SSSR count). The number of aromatic nitrogens is 6. The first-order chi connectivity index (χ1) is 16.2. The molecular formula is C22H25N7O4. The molecule has 11 nitrogen and oxygen atoms in total. The summed E-state index contributed by atoms with van der Waals surface area (Å²) in [5.41, 5.74) is 2.43. The summed E-state index contributed by atoms with van der Waals surface area (Å²) >= 11 is 0. The van der Waals surface area contributed by atoms with Crippen molar-refractivity contribution in [3.63, 3.8) is 0 Å². The second-order valence-corrected chi connectivity index (χ2v) is 7.22. The highest BCUT2D eigenvalue weighted by Crippen LogP contribution is 2.25. The quantitative estimate of drug-likeness (QED) is 0.329. The third kappa shape index (κ3) is 5.33. The molecule has 0 aliphatic heterocycles. The second-order valence-electron chi connectivity index (χ2n) is 7.22. The third-order valence-corrected chi connectivity index (χ3v) is 4.95. The zero-order valence-electron chi connectivity index (χ0n) is 18.4. The number of benzene rings is 2. The van der Waals surface area contributed by atoms with Crippen LogP contribution in [0.15, 0.2) is 57.8 Å². The number of ether oxygens (including phenoxy) is 2. The van der Waals surface area contributed by atoms with Gasteiger partial charge in [0.15, 0.2) is 11.6 Å². The van der Waals surface area contributed by atoms with Crippen molar-refractivity contribution in [1.82, 2.24) is 35.7 Å². The van der Waals surface area contributed by atoms with Crippen LogP contribution in [0, 0.1) is 0 Å². The van der Waals surface area contributed by atoms with E-state index in [4.69, 9.17) is 9.47 Å². The van der Waals surface area contributed by atoms with Gasteiger partial charge in [0.05, 0.1) is 25.4 Å². The Morgan fingerprint density at radius 3 is 2.76 bits per heavy atom. The van der Waals surface area contributed by atoms with E-state index in [1.807, 2.05) is 48.5 Å². The molecule has 11 heteroatoms. The Hall–Kier alpha value is -3.83. The van der Waals surface area contributed by atoms with Gasteiger partial charge >= 0.3 is 5.76 Å². The van der Waals surface area contributed by atoms with Gasteiger partial charge in [-0.15, -0.1) is 5.10 Å². The van der Waals surface area contributed by atoms with Gasteiger partial charge in [0.25, 0.3) is 0 Å². The maximum absolute atomic E-state index is 11.3. The summed E-state index contributed by atoms with van der Waals surface area (Å²) in [5.74, 6) is 1.09. The first kappa shape index (κ1) is 22.4. The minimum atomic E-state index is -0.599. The van der Waals surface area contributed by atoms with Gasteiger partial charge in [0.1, 0.15) is 5.75 Å². The summed E-state index contributed by atoms with van der Waals surface area (Å²) in [5, 5.41) is 19.6. The van der Waals surface area contributed by atoms with Gasteiger partial charge in [-0.3, -0.25) is 9.51 Å². The normalized spacial score (nSPS) is 12.1. The molecule has 0 radical (unpaired) electrons. The summed E-state index contributed by atoms with van der Waals surface area (Å²) in [6.45, 7) is 3.94. The SMILES string of the molecule is CCCOCCNC(c1ccc(-c2noc(=O)[nH]2)cc1)c1nnnn1-c1cccc(OC)c1. The van der Waals surface area contributed by atoms with Crippen LogP contribution in [0.25, 0.3) is 17.1 Å². The van der Waals surface area contributed by atoms with Crippen LogP contribution in [0.4, 0.5) is 0 Å². The lowest BCUT2D eigenvalue weighted by Gasteiger charge is -2.19. The van der Waals surface area contributed by atoms with Gasteiger partial charge in [0, 0.05) is 24.8 Å². The van der Waals surface area contributed by atoms with Crippen LogP contribution in [0.2, 0.25) is 0 Å². The molecule has 0 bridgehead atoms. The average molecular weight is 451 g/mol. The van der Waals surface area contributed by atoms with Crippen molar-refractivity contribution < 1.29 is 14.0 Å². The number of nitrogens with zero attached hydrogens (tertiary/aromatic N) is 5. The van der Waals surface area contributed by atoms with Gasteiger partial charge in [0.2, 0.25) is 0 Å². The van der Waals surface area contributed by atoms with E-state index in [9.17, 15) is 4.79 Å². The molecule has 0 aliphatic rings. The van der Waals surface area contributed by atoms with Crippen LogP contribution >= 0.6 is 0 Å². The van der Waals surface area contributed by atoms with E-state index in [1.54, 1.807) is 11.8 Å². The van der Waals surface area contributed by atoms with Crippen molar-refractivity contribution in [3.8, 4) is 22.8 Å². The van der Waals surface area contributed by atoms with E-state index in [0.717, 1.165) is 23.2 Å². The van der Waals surface area contributed by atoms with E-state index in [-0.39, 0.29) is 6.04 Å². The number of nitrogens with one attached hydrogen (secondary N) is 2. The van der Waals surface area contributed by atoms with Crippen LogP contribution in [0.5, 0.6) is 5.75 Å². The molecular weight excluding hydrogens is 426 g/mol. The van der Waals surface area contributed by atoms with E-state index in [1.165, 1.54) is 0 Å². The molecule has 172 valence electrons. The number of tetrazole rings is 1. The third-order valence-electron chi connectivity index (χ3n) is 4.95. The molecule has 1 atom stereocenters. The molecule has 2 aromatic heterocycles. The highest BCUT2D eigenvalue weighted by atomic mass is 16.5. The Balaban J connectivity index is 1.64. The standard InChI is InChI=1S/C22H25N7O4/c1-3-12-32-13-11-23-19(15-7-9-16(10-8-15)20-24-22(30)33-26-20)21-25-27-28-29(21)17-5-4-6-18(14-17)31-2/h4-10,14,19,23H,3,11-13H2,1-2H3,(H,24,26,30). The molecule has 2 N–H and O–H groups in total. The largest absolute Gasteiger partial charge is 0.497 e. The Kier molecular flexibility index (Phi) is 7.22. The Morgan fingerprint density at radius 1 is 1.18 bits per heavy atom. The Labute approximate surface area is 189 Å². The number of aromatic amines is 1. The molecule has 0 saturated carbocycles. The smallest absolute Gasteiger partial charge is 0.439 e. The van der Waals surface area contributed by atoms with Gasteiger partial charge < -0.3 is 14.8 Å². The molecule has 4 aromatic rings. The van der Waals surface area contributed by atoms with E-state index in [0.29, 0.717) is 37.2 Å². The summed E-state index contributed by atoms with van der Waals surface area (Å²) in [4.78, 5) is 13.8. The first-order valence-electron chi connectivity index (χ1n) is 10.6. The number of methoxy groups -OCH3 is 1. The summed E-state index contributed by atoms with van der Waals surface area (Å²) in [6, 6.07) is 14.8. The monoisotopic (exact) mass is 451 g/mol. The molecule has 2 heterocycles. The topological polar surface area (TPSA) is 133 Å². The first-order valence-corrected chi connectivity index (χ1v) is 10.6. The molecule has 1 unspecified atom stereocenters. The fraction of sp³-hybridized carbons (Fsp3) is 0.318. The van der Waals surface area contributed by atoms with Crippen LogP contribution in [-0.2, 0) is 4.74 Å². The lowest BCUT2D eigenvalue weighted by Crippen LogP contribution is -2.29. The second kappa shape index (κ2) is 10.7. The molecule has 0 fully saturated rings. The summed E-state index contributed by atoms with van der Waals surface area (Å²) < 4.78 is 17.2.